The normalized spacial score (nSPS) is 15.6. The molecule has 0 saturated carbocycles. The number of benzene rings is 1. The maximum absolute atomic E-state index is 13.9. The summed E-state index contributed by atoms with van der Waals surface area (Å²) in [7, 11) is 3.29. The summed E-state index contributed by atoms with van der Waals surface area (Å²) in [6.45, 7) is 7.01. The van der Waals surface area contributed by atoms with Crippen LogP contribution in [0, 0.1) is 0 Å². The number of aromatic amines is 1. The summed E-state index contributed by atoms with van der Waals surface area (Å²) in [5.41, 5.74) is 2.18. The molecule has 12 heteroatoms. The number of H-pyrrole nitrogens is 1. The number of esters is 1. The number of nitrogens with zero attached hydrogens (tertiary/aromatic N) is 3. The van der Waals surface area contributed by atoms with Crippen LogP contribution in [0.4, 0.5) is 24.5 Å². The van der Waals surface area contributed by atoms with Crippen LogP contribution in [-0.2, 0) is 22.3 Å². The van der Waals surface area contributed by atoms with Gasteiger partial charge in [-0.3, -0.25) is 9.69 Å². The summed E-state index contributed by atoms with van der Waals surface area (Å²) in [5, 5.41) is 6.56. The molecule has 4 rings (SSSR count). The third-order valence-corrected chi connectivity index (χ3v) is 7.17. The Kier molecular flexibility index (Phi) is 9.69. The van der Waals surface area contributed by atoms with Crippen molar-refractivity contribution < 1.29 is 27.5 Å². The molecular formula is C30H35F3N6O3. The fourth-order valence-electron chi connectivity index (χ4n) is 4.65. The molecule has 1 amide bonds. The summed E-state index contributed by atoms with van der Waals surface area (Å²) in [6.07, 6.45) is 0.571. The maximum atomic E-state index is 13.9. The smallest absolute Gasteiger partial charge is 0.416 e. The number of halogens is 3. The van der Waals surface area contributed by atoms with Crippen molar-refractivity contribution in [2.24, 2.45) is 0 Å². The average molecular weight is 585 g/mol. The summed E-state index contributed by atoms with van der Waals surface area (Å²) in [6, 6.07) is 7.44. The van der Waals surface area contributed by atoms with E-state index in [9.17, 15) is 22.8 Å². The first-order chi connectivity index (χ1) is 20.0. The van der Waals surface area contributed by atoms with E-state index < -0.39 is 23.6 Å². The number of amides is 1. The van der Waals surface area contributed by atoms with Gasteiger partial charge in [-0.1, -0.05) is 12.1 Å². The number of methoxy groups -OCH3 is 1. The second-order valence-corrected chi connectivity index (χ2v) is 10.3. The molecule has 1 aliphatic rings. The molecule has 0 unspecified atom stereocenters. The van der Waals surface area contributed by atoms with Gasteiger partial charge in [-0.05, 0) is 62.4 Å². The monoisotopic (exact) mass is 584 g/mol. The highest BCUT2D eigenvalue weighted by atomic mass is 19.4. The van der Waals surface area contributed by atoms with Gasteiger partial charge in [0.2, 0.25) is 0 Å². The quantitative estimate of drug-likeness (QED) is 0.184. The van der Waals surface area contributed by atoms with Crippen molar-refractivity contribution in [2.75, 3.05) is 57.5 Å². The van der Waals surface area contributed by atoms with E-state index in [1.165, 1.54) is 19.2 Å². The van der Waals surface area contributed by atoms with Crippen LogP contribution in [-0.4, -0.2) is 78.5 Å². The first-order valence-corrected chi connectivity index (χ1v) is 13.5. The molecule has 3 heterocycles. The van der Waals surface area contributed by atoms with Gasteiger partial charge >= 0.3 is 12.1 Å². The van der Waals surface area contributed by atoms with Crippen molar-refractivity contribution >= 4 is 34.3 Å². The number of alkyl halides is 3. The predicted molar refractivity (Wildman–Crippen MR) is 156 cm³/mol. The zero-order valence-electron chi connectivity index (χ0n) is 24.1. The number of hydrogen-bond donors (Lipinski definition) is 3. The minimum absolute atomic E-state index is 0.0829. The first kappa shape index (κ1) is 30.8. The van der Waals surface area contributed by atoms with Gasteiger partial charge in [0, 0.05) is 55.9 Å². The fraction of sp³-hybridized carbons (Fsp3) is 0.367. The maximum Gasteiger partial charge on any atom is 0.416 e. The highest BCUT2D eigenvalue weighted by molar-refractivity contribution is 6.03. The van der Waals surface area contributed by atoms with E-state index in [0.717, 1.165) is 30.1 Å². The van der Waals surface area contributed by atoms with E-state index >= 15 is 0 Å². The van der Waals surface area contributed by atoms with E-state index in [0.29, 0.717) is 42.2 Å². The standard InChI is InChI=1S/C30H35F3N6O3/c1-5-20(16-34-24-13-22-14-26(29(41)42-4)37-27(22)35-17-24)12-19(2)28(40)36-23-7-6-21(25(15-23)30(31,32)33)18-39-10-8-38(3)9-11-39/h5-7,12-15,17,34H,8-11,16,18H2,1-4H3,(H,35,37)(H,36,40)/b19-12+,20-5+. The molecule has 9 nitrogen and oxygen atoms in total. The molecule has 2 aromatic heterocycles. The van der Waals surface area contributed by atoms with E-state index in [4.69, 9.17) is 4.74 Å². The Morgan fingerprint density at radius 1 is 1.12 bits per heavy atom. The van der Waals surface area contributed by atoms with E-state index in [1.807, 2.05) is 31.0 Å². The third-order valence-electron chi connectivity index (χ3n) is 7.17. The second kappa shape index (κ2) is 13.2. The predicted octanol–water partition coefficient (Wildman–Crippen LogP) is 5.06. The van der Waals surface area contributed by atoms with Gasteiger partial charge in [0.1, 0.15) is 11.3 Å². The van der Waals surface area contributed by atoms with Gasteiger partial charge in [0.15, 0.2) is 0 Å². The number of rotatable bonds is 9. The summed E-state index contributed by atoms with van der Waals surface area (Å²) < 4.78 is 46.5. The Labute approximate surface area is 242 Å². The Morgan fingerprint density at radius 3 is 2.52 bits per heavy atom. The Morgan fingerprint density at radius 2 is 1.86 bits per heavy atom. The highest BCUT2D eigenvalue weighted by Gasteiger charge is 2.34. The number of fused-ring (bicyclic) bond motifs is 1. The van der Waals surface area contributed by atoms with Gasteiger partial charge in [0.05, 0.1) is 24.6 Å². The molecule has 1 fully saturated rings. The number of carbonyl (C=O) groups excluding carboxylic acids is 2. The Hall–Kier alpha value is -4.16. The lowest BCUT2D eigenvalue weighted by molar-refractivity contribution is -0.138. The Balaban J connectivity index is 1.40. The Bertz CT molecular complexity index is 1500. The molecule has 0 atom stereocenters. The summed E-state index contributed by atoms with van der Waals surface area (Å²) in [4.78, 5) is 36.0. The van der Waals surface area contributed by atoms with Crippen LogP contribution in [0.2, 0.25) is 0 Å². The molecule has 3 aromatic rings. The number of ether oxygens (including phenoxy) is 1. The van der Waals surface area contributed by atoms with Crippen LogP contribution in [0.25, 0.3) is 11.0 Å². The van der Waals surface area contributed by atoms with Gasteiger partial charge in [0.25, 0.3) is 5.91 Å². The number of anilines is 2. The van der Waals surface area contributed by atoms with Crippen LogP contribution in [0.5, 0.6) is 0 Å². The summed E-state index contributed by atoms with van der Waals surface area (Å²) >= 11 is 0. The highest BCUT2D eigenvalue weighted by Crippen LogP contribution is 2.34. The largest absolute Gasteiger partial charge is 0.464 e. The molecular weight excluding hydrogens is 549 g/mol. The van der Waals surface area contributed by atoms with Crippen molar-refractivity contribution in [1.29, 1.82) is 0 Å². The minimum atomic E-state index is -4.55. The van der Waals surface area contributed by atoms with Crippen LogP contribution >= 0.6 is 0 Å². The topological polar surface area (TPSA) is 103 Å². The molecule has 1 saturated heterocycles. The SMILES string of the molecule is C/C=C(\C=C(/C)C(=O)Nc1ccc(CN2CCN(C)CC2)c(C(F)(F)F)c1)CNc1cnc2[nH]c(C(=O)OC)cc2c1. The molecule has 0 aliphatic carbocycles. The third kappa shape index (κ3) is 7.77. The molecule has 0 radical (unpaired) electrons. The van der Waals surface area contributed by atoms with Gasteiger partial charge in [-0.25, -0.2) is 9.78 Å². The fourth-order valence-corrected chi connectivity index (χ4v) is 4.65. The molecule has 42 heavy (non-hydrogen) atoms. The van der Waals surface area contributed by atoms with Gasteiger partial charge in [-0.15, -0.1) is 0 Å². The van der Waals surface area contributed by atoms with Gasteiger partial charge < -0.3 is 25.3 Å². The van der Waals surface area contributed by atoms with E-state index in [-0.39, 0.29) is 17.8 Å². The molecule has 0 spiro atoms. The lowest BCUT2D eigenvalue weighted by Gasteiger charge is -2.33. The number of likely N-dealkylation sites (N-methyl/N-ethyl adjacent to an activating group) is 1. The minimum Gasteiger partial charge on any atom is -0.464 e. The number of pyridine rings is 1. The van der Waals surface area contributed by atoms with Crippen LogP contribution < -0.4 is 10.6 Å². The number of hydrogen-bond acceptors (Lipinski definition) is 7. The van der Waals surface area contributed by atoms with Crippen molar-refractivity contribution in [3.05, 3.63) is 76.6 Å². The zero-order valence-corrected chi connectivity index (χ0v) is 24.1. The van der Waals surface area contributed by atoms with Crippen LogP contribution in [0.1, 0.15) is 35.5 Å². The van der Waals surface area contributed by atoms with Crippen LogP contribution in [0.3, 0.4) is 0 Å². The molecule has 3 N–H and O–H groups in total. The summed E-state index contributed by atoms with van der Waals surface area (Å²) in [5.74, 6) is -0.992. The van der Waals surface area contributed by atoms with Crippen molar-refractivity contribution in [3.8, 4) is 0 Å². The molecule has 224 valence electrons. The average Bonchev–Trinajstić information content (AvgIpc) is 3.39. The number of allylic oxidation sites excluding steroid dienone is 1. The zero-order chi connectivity index (χ0) is 30.4. The van der Waals surface area contributed by atoms with E-state index in [1.54, 1.807) is 25.3 Å². The van der Waals surface area contributed by atoms with Crippen molar-refractivity contribution in [2.45, 2.75) is 26.6 Å². The number of aromatic nitrogens is 2. The molecule has 0 bridgehead atoms. The molecule has 1 aromatic carbocycles. The lowest BCUT2D eigenvalue weighted by atomic mass is 10.0. The lowest BCUT2D eigenvalue weighted by Crippen LogP contribution is -2.44. The van der Waals surface area contributed by atoms with E-state index in [2.05, 4.69) is 25.5 Å². The van der Waals surface area contributed by atoms with Crippen molar-refractivity contribution in [1.82, 2.24) is 19.8 Å². The van der Waals surface area contributed by atoms with Crippen molar-refractivity contribution in [3.63, 3.8) is 0 Å². The molecule has 1 aliphatic heterocycles. The number of piperazine rings is 1. The number of carbonyl (C=O) groups is 2. The number of nitrogens with one attached hydrogen (secondary N) is 3. The second-order valence-electron chi connectivity index (χ2n) is 10.3. The van der Waals surface area contributed by atoms with Gasteiger partial charge in [-0.2, -0.15) is 13.2 Å². The first-order valence-electron chi connectivity index (χ1n) is 13.5. The van der Waals surface area contributed by atoms with Crippen LogP contribution in [0.15, 0.2) is 59.8 Å².